The zero-order chi connectivity index (χ0) is 20.5. The molecule has 1 aromatic rings. The summed E-state index contributed by atoms with van der Waals surface area (Å²) in [6.07, 6.45) is 11.9. The minimum absolute atomic E-state index is 0. The molecular formula is C21H39IN6OS. The fourth-order valence-corrected chi connectivity index (χ4v) is 4.45. The Balaban J connectivity index is 0.00000320. The molecule has 172 valence electrons. The summed E-state index contributed by atoms with van der Waals surface area (Å²) in [6.45, 7) is 6.33. The van der Waals surface area contributed by atoms with Crippen LogP contribution in [0.2, 0.25) is 0 Å². The van der Waals surface area contributed by atoms with Crippen LogP contribution in [0.3, 0.4) is 0 Å². The van der Waals surface area contributed by atoms with Crippen molar-refractivity contribution in [2.75, 3.05) is 46.2 Å². The fourth-order valence-electron chi connectivity index (χ4n) is 3.88. The maximum atomic E-state index is 5.77. The molecule has 0 unspecified atom stereocenters. The lowest BCUT2D eigenvalue weighted by Crippen LogP contribution is -2.40. The number of aliphatic imine (C=N–C) groups is 1. The van der Waals surface area contributed by atoms with Crippen molar-refractivity contribution in [3.63, 3.8) is 0 Å². The van der Waals surface area contributed by atoms with Crippen molar-refractivity contribution in [2.45, 2.75) is 69.5 Å². The van der Waals surface area contributed by atoms with E-state index in [1.54, 1.807) is 11.8 Å². The molecule has 1 aromatic heterocycles. The Morgan fingerprint density at radius 3 is 2.70 bits per heavy atom. The number of rotatable bonds is 12. The highest BCUT2D eigenvalue weighted by Gasteiger charge is 2.23. The molecule has 9 heteroatoms. The SMILES string of the molecule is CCNC(=NCCCc1nnc(SC)n1C1CCCC1)N(C)CCOCC1CC1.I. The summed E-state index contributed by atoms with van der Waals surface area (Å²) in [5.74, 6) is 2.91. The standard InChI is InChI=1S/C21H38N6OS.HI/c1-4-22-20(26(2)14-15-28-16-17-11-12-17)23-13-7-10-19-24-25-21(29-3)27(19)18-8-5-6-9-18;/h17-18H,4-16H2,1-3H3,(H,22,23);1H. The van der Waals surface area contributed by atoms with Gasteiger partial charge in [0.05, 0.1) is 6.61 Å². The summed E-state index contributed by atoms with van der Waals surface area (Å²) in [7, 11) is 2.09. The number of aromatic nitrogens is 3. The van der Waals surface area contributed by atoms with Crippen molar-refractivity contribution in [3.05, 3.63) is 5.82 Å². The topological polar surface area (TPSA) is 67.6 Å². The van der Waals surface area contributed by atoms with Crippen molar-refractivity contribution in [1.82, 2.24) is 25.0 Å². The van der Waals surface area contributed by atoms with Crippen LogP contribution in [0.1, 0.15) is 63.7 Å². The maximum Gasteiger partial charge on any atom is 0.193 e. The number of hydrogen-bond donors (Lipinski definition) is 1. The Bertz CT molecular complexity index is 645. The van der Waals surface area contributed by atoms with Crippen LogP contribution < -0.4 is 5.32 Å². The molecule has 0 amide bonds. The first-order valence-electron chi connectivity index (χ1n) is 11.3. The van der Waals surface area contributed by atoms with Gasteiger partial charge in [-0.1, -0.05) is 24.6 Å². The van der Waals surface area contributed by atoms with Gasteiger partial charge in [0.1, 0.15) is 5.82 Å². The normalized spacial score (nSPS) is 17.2. The smallest absolute Gasteiger partial charge is 0.193 e. The van der Waals surface area contributed by atoms with Crippen LogP contribution in [-0.4, -0.2) is 71.8 Å². The van der Waals surface area contributed by atoms with Crippen molar-refractivity contribution < 1.29 is 4.74 Å². The Labute approximate surface area is 203 Å². The number of ether oxygens (including phenoxy) is 1. The van der Waals surface area contributed by atoms with Crippen molar-refractivity contribution in [1.29, 1.82) is 0 Å². The van der Waals surface area contributed by atoms with Gasteiger partial charge >= 0.3 is 0 Å². The predicted octanol–water partition coefficient (Wildman–Crippen LogP) is 3.99. The molecule has 7 nitrogen and oxygen atoms in total. The molecule has 1 heterocycles. The molecule has 0 spiro atoms. The monoisotopic (exact) mass is 550 g/mol. The number of nitrogens with one attached hydrogen (secondary N) is 1. The third kappa shape index (κ3) is 7.85. The van der Waals surface area contributed by atoms with Gasteiger partial charge < -0.3 is 19.5 Å². The van der Waals surface area contributed by atoms with Gasteiger partial charge in [-0.2, -0.15) is 0 Å². The second-order valence-electron chi connectivity index (χ2n) is 8.19. The number of hydrogen-bond acceptors (Lipinski definition) is 5. The molecule has 2 fully saturated rings. The molecule has 2 aliphatic carbocycles. The predicted molar refractivity (Wildman–Crippen MR) is 135 cm³/mol. The highest BCUT2D eigenvalue weighted by molar-refractivity contribution is 14.0. The van der Waals surface area contributed by atoms with E-state index < -0.39 is 0 Å². The molecule has 30 heavy (non-hydrogen) atoms. The first-order chi connectivity index (χ1) is 14.2. The van der Waals surface area contributed by atoms with Crippen LogP contribution in [0.5, 0.6) is 0 Å². The number of aryl methyl sites for hydroxylation is 1. The third-order valence-corrected chi connectivity index (χ3v) is 6.39. The molecular weight excluding hydrogens is 511 g/mol. The van der Waals surface area contributed by atoms with E-state index in [2.05, 4.69) is 45.2 Å². The van der Waals surface area contributed by atoms with Gasteiger partial charge in [0, 0.05) is 45.8 Å². The van der Waals surface area contributed by atoms with Crippen molar-refractivity contribution in [3.8, 4) is 0 Å². The van der Waals surface area contributed by atoms with E-state index in [4.69, 9.17) is 9.73 Å². The fraction of sp³-hybridized carbons (Fsp3) is 0.857. The van der Waals surface area contributed by atoms with E-state index in [9.17, 15) is 0 Å². The van der Waals surface area contributed by atoms with E-state index >= 15 is 0 Å². The van der Waals surface area contributed by atoms with Gasteiger partial charge in [0.25, 0.3) is 0 Å². The van der Waals surface area contributed by atoms with Crippen LogP contribution in [-0.2, 0) is 11.2 Å². The molecule has 0 radical (unpaired) electrons. The lowest BCUT2D eigenvalue weighted by Gasteiger charge is -2.22. The Kier molecular flexibility index (Phi) is 11.8. The molecule has 1 N–H and O–H groups in total. The quantitative estimate of drug-likeness (QED) is 0.140. The summed E-state index contributed by atoms with van der Waals surface area (Å²) in [4.78, 5) is 6.99. The van der Waals surface area contributed by atoms with Crippen LogP contribution in [0.25, 0.3) is 0 Å². The van der Waals surface area contributed by atoms with Gasteiger partial charge in [-0.05, 0) is 51.2 Å². The first kappa shape index (κ1) is 25.7. The summed E-state index contributed by atoms with van der Waals surface area (Å²) in [6, 6.07) is 0.588. The summed E-state index contributed by atoms with van der Waals surface area (Å²) < 4.78 is 8.17. The van der Waals surface area contributed by atoms with Crippen LogP contribution in [0.4, 0.5) is 0 Å². The molecule has 2 saturated carbocycles. The van der Waals surface area contributed by atoms with Crippen LogP contribution in [0, 0.1) is 5.92 Å². The van der Waals surface area contributed by atoms with Gasteiger partial charge in [0.15, 0.2) is 11.1 Å². The van der Waals surface area contributed by atoms with E-state index in [-0.39, 0.29) is 24.0 Å². The van der Waals surface area contributed by atoms with E-state index in [1.807, 2.05) is 0 Å². The van der Waals surface area contributed by atoms with Crippen molar-refractivity contribution in [2.24, 2.45) is 10.9 Å². The maximum absolute atomic E-state index is 5.77. The second-order valence-corrected chi connectivity index (χ2v) is 8.96. The second kappa shape index (κ2) is 13.8. The number of guanidine groups is 1. The Morgan fingerprint density at radius 1 is 1.27 bits per heavy atom. The molecule has 0 aromatic carbocycles. The average molecular weight is 551 g/mol. The minimum Gasteiger partial charge on any atom is -0.379 e. The molecule has 3 rings (SSSR count). The molecule has 0 bridgehead atoms. The van der Waals surface area contributed by atoms with E-state index in [1.165, 1.54) is 38.5 Å². The number of likely N-dealkylation sites (N-methyl/N-ethyl adjacent to an activating group) is 1. The van der Waals surface area contributed by atoms with Gasteiger partial charge in [0.2, 0.25) is 0 Å². The van der Waals surface area contributed by atoms with E-state index in [0.717, 1.165) is 68.5 Å². The zero-order valence-electron chi connectivity index (χ0n) is 18.8. The Morgan fingerprint density at radius 2 is 2.03 bits per heavy atom. The number of nitrogens with zero attached hydrogens (tertiary/aromatic N) is 5. The zero-order valence-corrected chi connectivity index (χ0v) is 22.0. The number of thioether (sulfide) groups is 1. The van der Waals surface area contributed by atoms with E-state index in [0.29, 0.717) is 6.04 Å². The molecule has 0 atom stereocenters. The lowest BCUT2D eigenvalue weighted by atomic mass is 10.2. The number of halogens is 1. The largest absolute Gasteiger partial charge is 0.379 e. The van der Waals surface area contributed by atoms with Crippen LogP contribution >= 0.6 is 35.7 Å². The lowest BCUT2D eigenvalue weighted by molar-refractivity contribution is 0.115. The summed E-state index contributed by atoms with van der Waals surface area (Å²) in [5.41, 5.74) is 0. The average Bonchev–Trinajstić information content (AvgIpc) is 3.23. The minimum atomic E-state index is 0. The van der Waals surface area contributed by atoms with Gasteiger partial charge in [-0.15, -0.1) is 34.2 Å². The highest BCUT2D eigenvalue weighted by Crippen LogP contribution is 2.33. The first-order valence-corrected chi connectivity index (χ1v) is 12.5. The molecule has 0 aliphatic heterocycles. The third-order valence-electron chi connectivity index (χ3n) is 5.75. The van der Waals surface area contributed by atoms with Crippen LogP contribution in [0.15, 0.2) is 10.1 Å². The Hall–Kier alpha value is -0.550. The summed E-state index contributed by atoms with van der Waals surface area (Å²) in [5, 5.41) is 13.4. The molecule has 0 saturated heterocycles. The highest BCUT2D eigenvalue weighted by atomic mass is 127. The summed E-state index contributed by atoms with van der Waals surface area (Å²) >= 11 is 1.71. The van der Waals surface area contributed by atoms with Crippen molar-refractivity contribution >= 4 is 41.7 Å². The molecule has 2 aliphatic rings. The van der Waals surface area contributed by atoms with Gasteiger partial charge in [-0.25, -0.2) is 0 Å². The van der Waals surface area contributed by atoms with Gasteiger partial charge in [-0.3, -0.25) is 4.99 Å².